The Balaban J connectivity index is 2.10. The lowest BCUT2D eigenvalue weighted by atomic mass is 9.73. The van der Waals surface area contributed by atoms with Crippen LogP contribution in [0.25, 0.3) is 0 Å². The molecule has 3 rings (SSSR count). The van der Waals surface area contributed by atoms with Gasteiger partial charge < -0.3 is 19.7 Å². The van der Waals surface area contributed by atoms with Gasteiger partial charge in [-0.25, -0.2) is 0 Å². The highest BCUT2D eigenvalue weighted by atomic mass is 16.5. The van der Waals surface area contributed by atoms with Crippen molar-refractivity contribution in [3.63, 3.8) is 0 Å². The summed E-state index contributed by atoms with van der Waals surface area (Å²) < 4.78 is 11.1. The van der Waals surface area contributed by atoms with Gasteiger partial charge in [-0.15, -0.1) is 0 Å². The van der Waals surface area contributed by atoms with Crippen molar-refractivity contribution in [3.8, 4) is 23.0 Å². The fraction of sp³-hybridized carbons (Fsp3) is 0.308. The lowest BCUT2D eigenvalue weighted by Crippen LogP contribution is -2.23. The molecule has 0 heterocycles. The van der Waals surface area contributed by atoms with E-state index in [0.717, 1.165) is 22.3 Å². The first kappa shape index (κ1) is 21.6. The summed E-state index contributed by atoms with van der Waals surface area (Å²) in [5.41, 5.74) is 3.58. The highest BCUT2D eigenvalue weighted by Crippen LogP contribution is 2.42. The van der Waals surface area contributed by atoms with E-state index in [1.54, 1.807) is 38.5 Å². The number of ether oxygens (including phenoxy) is 2. The molecule has 0 radical (unpaired) electrons. The molecule has 0 aliphatic heterocycles. The van der Waals surface area contributed by atoms with Crippen molar-refractivity contribution < 1.29 is 19.7 Å². The van der Waals surface area contributed by atoms with Crippen molar-refractivity contribution in [2.24, 2.45) is 0 Å². The van der Waals surface area contributed by atoms with E-state index < -0.39 is 0 Å². The van der Waals surface area contributed by atoms with Crippen molar-refractivity contribution >= 4 is 0 Å². The van der Waals surface area contributed by atoms with Crippen LogP contribution in [0.1, 0.15) is 49.9 Å². The molecule has 158 valence electrons. The Morgan fingerprint density at radius 2 is 1.00 bits per heavy atom. The first-order valence-electron chi connectivity index (χ1n) is 9.97. The van der Waals surface area contributed by atoms with Gasteiger partial charge in [0.25, 0.3) is 0 Å². The Labute approximate surface area is 178 Å². The van der Waals surface area contributed by atoms with Gasteiger partial charge in [0.05, 0.1) is 14.2 Å². The Morgan fingerprint density at radius 1 is 0.600 bits per heavy atom. The number of hydrogen-bond donors (Lipinski definition) is 2. The van der Waals surface area contributed by atoms with Gasteiger partial charge in [0.2, 0.25) is 0 Å². The SMILES string of the molecule is COc1cc(O)ccc1C(C)(C)c1cccc(C(C)(C)c2ccc(O)cc2OC)c1. The third kappa shape index (κ3) is 3.82. The molecule has 2 N–H and O–H groups in total. The van der Waals surface area contributed by atoms with Gasteiger partial charge >= 0.3 is 0 Å². The number of benzene rings is 3. The first-order valence-corrected chi connectivity index (χ1v) is 9.97. The molecular weight excluding hydrogens is 376 g/mol. The number of phenolic OH excluding ortho intramolecular Hbond substituents is 2. The minimum Gasteiger partial charge on any atom is -0.508 e. The van der Waals surface area contributed by atoms with E-state index in [2.05, 4.69) is 52.0 Å². The van der Waals surface area contributed by atoms with Gasteiger partial charge in [-0.1, -0.05) is 64.1 Å². The summed E-state index contributed by atoms with van der Waals surface area (Å²) in [6.45, 7) is 8.59. The largest absolute Gasteiger partial charge is 0.508 e. The zero-order valence-electron chi connectivity index (χ0n) is 18.5. The third-order valence-corrected chi connectivity index (χ3v) is 6.02. The van der Waals surface area contributed by atoms with E-state index in [1.807, 2.05) is 12.1 Å². The molecule has 0 saturated carbocycles. The Bertz CT molecular complexity index is 970. The maximum Gasteiger partial charge on any atom is 0.126 e. The maximum atomic E-state index is 9.84. The zero-order valence-corrected chi connectivity index (χ0v) is 18.5. The van der Waals surface area contributed by atoms with Crippen LogP contribution in [0.4, 0.5) is 0 Å². The molecule has 0 aliphatic rings. The van der Waals surface area contributed by atoms with Crippen LogP contribution in [0.15, 0.2) is 60.7 Å². The summed E-state index contributed by atoms with van der Waals surface area (Å²) in [7, 11) is 3.23. The predicted molar refractivity (Wildman–Crippen MR) is 120 cm³/mol. The van der Waals surface area contributed by atoms with Crippen molar-refractivity contribution in [2.45, 2.75) is 38.5 Å². The smallest absolute Gasteiger partial charge is 0.126 e. The lowest BCUT2D eigenvalue weighted by Gasteiger charge is -2.32. The Kier molecular flexibility index (Phi) is 5.71. The number of aromatic hydroxyl groups is 2. The molecule has 0 fully saturated rings. The number of methoxy groups -OCH3 is 2. The van der Waals surface area contributed by atoms with E-state index in [9.17, 15) is 10.2 Å². The highest BCUT2D eigenvalue weighted by Gasteiger charge is 2.31. The second-order valence-corrected chi connectivity index (χ2v) is 8.60. The van der Waals surface area contributed by atoms with Gasteiger partial charge in [-0.05, 0) is 23.3 Å². The van der Waals surface area contributed by atoms with Crippen LogP contribution in [-0.4, -0.2) is 24.4 Å². The third-order valence-electron chi connectivity index (χ3n) is 6.02. The molecule has 0 spiro atoms. The number of hydrogen-bond acceptors (Lipinski definition) is 4. The summed E-state index contributed by atoms with van der Waals surface area (Å²) in [5.74, 6) is 1.68. The molecule has 4 heteroatoms. The van der Waals surface area contributed by atoms with Crippen LogP contribution in [0.3, 0.4) is 0 Å². The summed E-state index contributed by atoms with van der Waals surface area (Å²) >= 11 is 0. The van der Waals surface area contributed by atoms with Gasteiger partial charge in [0.1, 0.15) is 23.0 Å². The average molecular weight is 407 g/mol. The van der Waals surface area contributed by atoms with Crippen LogP contribution in [0, 0.1) is 0 Å². The second-order valence-electron chi connectivity index (χ2n) is 8.60. The fourth-order valence-corrected chi connectivity index (χ4v) is 4.00. The molecule has 0 unspecified atom stereocenters. The predicted octanol–water partition coefficient (Wildman–Crippen LogP) is 5.77. The number of rotatable bonds is 6. The summed E-state index contributed by atoms with van der Waals surface area (Å²) in [6, 6.07) is 19.0. The Morgan fingerprint density at radius 3 is 1.37 bits per heavy atom. The molecule has 3 aromatic carbocycles. The highest BCUT2D eigenvalue weighted by molar-refractivity contribution is 5.53. The molecule has 4 nitrogen and oxygen atoms in total. The van der Waals surface area contributed by atoms with Crippen LogP contribution in [0.5, 0.6) is 23.0 Å². The van der Waals surface area contributed by atoms with E-state index >= 15 is 0 Å². The molecule has 0 atom stereocenters. The molecule has 0 saturated heterocycles. The summed E-state index contributed by atoms with van der Waals surface area (Å²) in [5, 5.41) is 19.7. The maximum absolute atomic E-state index is 9.84. The van der Waals surface area contributed by atoms with Crippen molar-refractivity contribution in [3.05, 3.63) is 82.9 Å². The minimum absolute atomic E-state index is 0.181. The van der Waals surface area contributed by atoms with Crippen LogP contribution in [0.2, 0.25) is 0 Å². The van der Waals surface area contributed by atoms with E-state index in [0.29, 0.717) is 11.5 Å². The van der Waals surface area contributed by atoms with Gasteiger partial charge in [0, 0.05) is 34.1 Å². The molecule has 0 amide bonds. The summed E-state index contributed by atoms with van der Waals surface area (Å²) in [6.07, 6.45) is 0. The van der Waals surface area contributed by atoms with Crippen molar-refractivity contribution in [2.75, 3.05) is 14.2 Å². The summed E-state index contributed by atoms with van der Waals surface area (Å²) in [4.78, 5) is 0. The van der Waals surface area contributed by atoms with Gasteiger partial charge in [-0.3, -0.25) is 0 Å². The normalized spacial score (nSPS) is 11.9. The molecule has 0 aliphatic carbocycles. The lowest BCUT2D eigenvalue weighted by molar-refractivity contribution is 0.393. The molecule has 3 aromatic rings. The topological polar surface area (TPSA) is 58.9 Å². The van der Waals surface area contributed by atoms with Crippen molar-refractivity contribution in [1.29, 1.82) is 0 Å². The zero-order chi connectivity index (χ0) is 22.1. The van der Waals surface area contributed by atoms with Crippen LogP contribution in [-0.2, 0) is 10.8 Å². The van der Waals surface area contributed by atoms with E-state index in [4.69, 9.17) is 9.47 Å². The molecule has 0 bridgehead atoms. The van der Waals surface area contributed by atoms with Gasteiger partial charge in [0.15, 0.2) is 0 Å². The number of phenols is 2. The fourth-order valence-electron chi connectivity index (χ4n) is 4.00. The quantitative estimate of drug-likeness (QED) is 0.546. The first-order chi connectivity index (χ1) is 14.1. The monoisotopic (exact) mass is 406 g/mol. The molecule has 0 aromatic heterocycles. The second kappa shape index (κ2) is 7.94. The minimum atomic E-state index is -0.343. The van der Waals surface area contributed by atoms with E-state index in [-0.39, 0.29) is 22.3 Å². The standard InChI is InChI=1S/C26H30O4/c1-25(2,21-12-10-19(27)15-23(21)29-5)17-8-7-9-18(14-17)26(3,4)22-13-11-20(28)16-24(22)30-6/h7-16,27-28H,1-6H3. The van der Waals surface area contributed by atoms with Gasteiger partial charge in [-0.2, -0.15) is 0 Å². The van der Waals surface area contributed by atoms with Crippen LogP contribution < -0.4 is 9.47 Å². The van der Waals surface area contributed by atoms with Crippen molar-refractivity contribution in [1.82, 2.24) is 0 Å². The van der Waals surface area contributed by atoms with E-state index in [1.165, 1.54) is 0 Å². The Hall–Kier alpha value is -3.14. The molecule has 30 heavy (non-hydrogen) atoms. The van der Waals surface area contributed by atoms with Crippen LogP contribution >= 0.6 is 0 Å². The molecular formula is C26H30O4. The average Bonchev–Trinajstić information content (AvgIpc) is 2.73.